The Morgan fingerprint density at radius 3 is 2.50 bits per heavy atom. The molecule has 20 heavy (non-hydrogen) atoms. The molecule has 0 bridgehead atoms. The van der Waals surface area contributed by atoms with Crippen molar-refractivity contribution in [3.8, 4) is 0 Å². The van der Waals surface area contributed by atoms with E-state index in [9.17, 15) is 8.42 Å². The Bertz CT molecular complexity index is 610. The van der Waals surface area contributed by atoms with E-state index in [1.165, 1.54) is 0 Å². The highest BCUT2D eigenvalue weighted by atomic mass is 32.2. The maximum atomic E-state index is 11.3. The average molecular weight is 315 g/mol. The van der Waals surface area contributed by atoms with Crippen LogP contribution in [0.3, 0.4) is 0 Å². The SMILES string of the molecule is Cc1cccc(C(N)=S)c1NCC(C)(C)NS(C)(=O)=O. The Balaban J connectivity index is 2.93. The molecular formula is C13H21N3O2S2. The molecule has 0 saturated carbocycles. The molecule has 112 valence electrons. The van der Waals surface area contributed by atoms with Gasteiger partial charge in [-0.3, -0.25) is 0 Å². The van der Waals surface area contributed by atoms with Crippen molar-refractivity contribution < 1.29 is 8.42 Å². The van der Waals surface area contributed by atoms with Crippen LogP contribution >= 0.6 is 12.2 Å². The number of sulfonamides is 1. The number of nitrogens with two attached hydrogens (primary N) is 1. The van der Waals surface area contributed by atoms with E-state index in [0.29, 0.717) is 11.5 Å². The van der Waals surface area contributed by atoms with Gasteiger partial charge in [-0.25, -0.2) is 13.1 Å². The number of nitrogens with one attached hydrogen (secondary N) is 2. The number of aryl methyl sites for hydroxylation is 1. The van der Waals surface area contributed by atoms with Crippen molar-refractivity contribution in [2.45, 2.75) is 26.3 Å². The largest absolute Gasteiger partial charge is 0.389 e. The fraction of sp³-hybridized carbons (Fsp3) is 0.462. The molecule has 5 nitrogen and oxygen atoms in total. The summed E-state index contributed by atoms with van der Waals surface area (Å²) >= 11 is 5.03. The van der Waals surface area contributed by atoms with Crippen LogP contribution in [0.2, 0.25) is 0 Å². The first-order valence-electron chi connectivity index (χ1n) is 6.14. The van der Waals surface area contributed by atoms with Gasteiger partial charge in [-0.05, 0) is 32.4 Å². The highest BCUT2D eigenvalue weighted by Crippen LogP contribution is 2.21. The van der Waals surface area contributed by atoms with Crippen LogP contribution in [-0.2, 0) is 10.0 Å². The van der Waals surface area contributed by atoms with Crippen molar-refractivity contribution in [2.24, 2.45) is 5.73 Å². The molecule has 0 amide bonds. The van der Waals surface area contributed by atoms with Crippen molar-refractivity contribution in [2.75, 3.05) is 18.1 Å². The van der Waals surface area contributed by atoms with E-state index in [1.807, 2.05) is 25.1 Å². The standard InChI is InChI=1S/C13H21N3O2S2/c1-9-6-5-7-10(12(14)19)11(9)15-8-13(2,3)16-20(4,17)18/h5-7,15-16H,8H2,1-4H3,(H2,14,19). The van der Waals surface area contributed by atoms with Crippen LogP contribution in [0.15, 0.2) is 18.2 Å². The smallest absolute Gasteiger partial charge is 0.209 e. The summed E-state index contributed by atoms with van der Waals surface area (Å²) in [5, 5.41) is 3.23. The Hall–Kier alpha value is -1.18. The molecule has 0 aliphatic rings. The normalized spacial score (nSPS) is 12.2. The van der Waals surface area contributed by atoms with Crippen molar-refractivity contribution in [1.82, 2.24) is 4.72 Å². The van der Waals surface area contributed by atoms with Crippen molar-refractivity contribution in [3.05, 3.63) is 29.3 Å². The summed E-state index contributed by atoms with van der Waals surface area (Å²) in [6, 6.07) is 5.67. The number of hydrogen-bond donors (Lipinski definition) is 3. The molecule has 0 aliphatic heterocycles. The summed E-state index contributed by atoms with van der Waals surface area (Å²) in [4.78, 5) is 0.310. The number of hydrogen-bond acceptors (Lipinski definition) is 4. The lowest BCUT2D eigenvalue weighted by Gasteiger charge is -2.27. The predicted octanol–water partition coefficient (Wildman–Crippen LogP) is 1.37. The van der Waals surface area contributed by atoms with Crippen LogP contribution in [0.5, 0.6) is 0 Å². The molecule has 0 heterocycles. The third-order valence-corrected chi connectivity index (χ3v) is 3.85. The minimum Gasteiger partial charge on any atom is -0.389 e. The van der Waals surface area contributed by atoms with Crippen LogP contribution < -0.4 is 15.8 Å². The van der Waals surface area contributed by atoms with E-state index in [1.54, 1.807) is 13.8 Å². The topological polar surface area (TPSA) is 84.2 Å². The minimum absolute atomic E-state index is 0.310. The molecule has 0 spiro atoms. The molecule has 1 aromatic carbocycles. The lowest BCUT2D eigenvalue weighted by atomic mass is 10.0. The van der Waals surface area contributed by atoms with Gasteiger partial charge in [0.1, 0.15) is 4.99 Å². The van der Waals surface area contributed by atoms with Gasteiger partial charge in [-0.1, -0.05) is 24.4 Å². The van der Waals surface area contributed by atoms with Gasteiger partial charge >= 0.3 is 0 Å². The molecule has 0 saturated heterocycles. The molecule has 0 atom stereocenters. The molecule has 0 unspecified atom stereocenters. The van der Waals surface area contributed by atoms with E-state index in [-0.39, 0.29) is 0 Å². The highest BCUT2D eigenvalue weighted by Gasteiger charge is 2.22. The third-order valence-electron chi connectivity index (χ3n) is 2.71. The number of thiocarbonyl (C=S) groups is 1. The maximum Gasteiger partial charge on any atom is 0.209 e. The van der Waals surface area contributed by atoms with Crippen molar-refractivity contribution in [3.63, 3.8) is 0 Å². The number of rotatable bonds is 6. The summed E-state index contributed by atoms with van der Waals surface area (Å²) in [6.07, 6.45) is 1.14. The van der Waals surface area contributed by atoms with Gasteiger partial charge in [0.25, 0.3) is 0 Å². The molecular weight excluding hydrogens is 294 g/mol. The third kappa shape index (κ3) is 5.07. The molecule has 7 heteroatoms. The monoisotopic (exact) mass is 315 g/mol. The molecule has 0 radical (unpaired) electrons. The Morgan fingerprint density at radius 2 is 2.00 bits per heavy atom. The molecule has 1 aromatic rings. The Labute approximate surface area is 126 Å². The Kier molecular flexibility index (Phi) is 5.12. The molecule has 0 aromatic heterocycles. The summed E-state index contributed by atoms with van der Waals surface area (Å²) in [5.41, 5.74) is 7.68. The fourth-order valence-electron chi connectivity index (χ4n) is 1.96. The second-order valence-corrected chi connectivity index (χ2v) is 7.66. The zero-order valence-corrected chi connectivity index (χ0v) is 13.8. The van der Waals surface area contributed by atoms with E-state index < -0.39 is 15.6 Å². The lowest BCUT2D eigenvalue weighted by molar-refractivity contribution is 0.476. The summed E-state index contributed by atoms with van der Waals surface area (Å²) in [7, 11) is -3.26. The first-order chi connectivity index (χ1) is 9.02. The van der Waals surface area contributed by atoms with Gasteiger partial charge in [0.15, 0.2) is 0 Å². The van der Waals surface area contributed by atoms with E-state index in [2.05, 4.69) is 10.0 Å². The lowest BCUT2D eigenvalue weighted by Crippen LogP contribution is -2.48. The van der Waals surface area contributed by atoms with Crippen LogP contribution in [0.1, 0.15) is 25.0 Å². The van der Waals surface area contributed by atoms with E-state index >= 15 is 0 Å². The molecule has 4 N–H and O–H groups in total. The quantitative estimate of drug-likeness (QED) is 0.691. The molecule has 0 fully saturated rings. The Morgan fingerprint density at radius 1 is 1.40 bits per heavy atom. The summed E-state index contributed by atoms with van der Waals surface area (Å²) in [5.74, 6) is 0. The summed E-state index contributed by atoms with van der Waals surface area (Å²) < 4.78 is 25.2. The summed E-state index contributed by atoms with van der Waals surface area (Å²) in [6.45, 7) is 5.97. The van der Waals surface area contributed by atoms with E-state index in [4.69, 9.17) is 18.0 Å². The first kappa shape index (κ1) is 16.9. The van der Waals surface area contributed by atoms with Crippen LogP contribution in [-0.4, -0.2) is 31.7 Å². The maximum absolute atomic E-state index is 11.3. The van der Waals surface area contributed by atoms with Gasteiger partial charge < -0.3 is 11.1 Å². The van der Waals surface area contributed by atoms with Crippen LogP contribution in [0, 0.1) is 6.92 Å². The van der Waals surface area contributed by atoms with Gasteiger partial charge in [0.2, 0.25) is 10.0 Å². The number of anilines is 1. The van der Waals surface area contributed by atoms with E-state index in [0.717, 1.165) is 23.1 Å². The average Bonchev–Trinajstić information content (AvgIpc) is 2.23. The van der Waals surface area contributed by atoms with Crippen LogP contribution in [0.4, 0.5) is 5.69 Å². The number of para-hydroxylation sites is 1. The minimum atomic E-state index is -3.26. The van der Waals surface area contributed by atoms with Gasteiger partial charge in [-0.2, -0.15) is 0 Å². The first-order valence-corrected chi connectivity index (χ1v) is 8.44. The zero-order valence-electron chi connectivity index (χ0n) is 12.1. The van der Waals surface area contributed by atoms with Gasteiger partial charge in [-0.15, -0.1) is 0 Å². The molecule has 0 aliphatic carbocycles. The second kappa shape index (κ2) is 6.07. The predicted molar refractivity (Wildman–Crippen MR) is 87.6 cm³/mol. The fourth-order valence-corrected chi connectivity index (χ4v) is 3.20. The van der Waals surface area contributed by atoms with Gasteiger partial charge in [0, 0.05) is 23.3 Å². The number of benzene rings is 1. The second-order valence-electron chi connectivity index (χ2n) is 5.47. The van der Waals surface area contributed by atoms with Crippen molar-refractivity contribution >= 4 is 32.9 Å². The molecule has 1 rings (SSSR count). The highest BCUT2D eigenvalue weighted by molar-refractivity contribution is 7.88. The van der Waals surface area contributed by atoms with Gasteiger partial charge in [0.05, 0.1) is 6.26 Å². The van der Waals surface area contributed by atoms with Crippen LogP contribution in [0.25, 0.3) is 0 Å². The zero-order chi connectivity index (χ0) is 15.6. The van der Waals surface area contributed by atoms with Crippen molar-refractivity contribution in [1.29, 1.82) is 0 Å².